The average Bonchev–Trinajstić information content (AvgIpc) is 2.24. The number of amides is 1. The van der Waals surface area contributed by atoms with Gasteiger partial charge in [-0.25, -0.2) is 4.39 Å². The van der Waals surface area contributed by atoms with Crippen molar-refractivity contribution in [3.63, 3.8) is 0 Å². The van der Waals surface area contributed by atoms with Gasteiger partial charge >= 0.3 is 0 Å². The molecule has 0 aromatic heterocycles. The van der Waals surface area contributed by atoms with Gasteiger partial charge in [-0.3, -0.25) is 4.79 Å². The van der Waals surface area contributed by atoms with Gasteiger partial charge in [0.15, 0.2) is 0 Å². The molecule has 16 heavy (non-hydrogen) atoms. The van der Waals surface area contributed by atoms with Crippen LogP contribution >= 0.6 is 15.9 Å². The number of carbonyl (C=O) groups is 1. The summed E-state index contributed by atoms with van der Waals surface area (Å²) in [7, 11) is 0. The third-order valence-corrected chi connectivity index (χ3v) is 2.46. The Morgan fingerprint density at radius 2 is 2.31 bits per heavy atom. The molecule has 0 radical (unpaired) electrons. The van der Waals surface area contributed by atoms with Gasteiger partial charge in [0.2, 0.25) is 5.91 Å². The minimum absolute atomic E-state index is 0.118. The maximum absolute atomic E-state index is 13.3. The molecule has 1 amide bonds. The van der Waals surface area contributed by atoms with Gasteiger partial charge in [0, 0.05) is 11.0 Å². The average molecular weight is 287 g/mol. The number of para-hydroxylation sites is 1. The fourth-order valence-corrected chi connectivity index (χ4v) is 1.53. The second-order valence-electron chi connectivity index (χ2n) is 3.06. The van der Waals surface area contributed by atoms with Crippen LogP contribution < -0.4 is 10.6 Å². The second kappa shape index (κ2) is 6.40. The van der Waals surface area contributed by atoms with Gasteiger partial charge in [-0.1, -0.05) is 12.1 Å². The summed E-state index contributed by atoms with van der Waals surface area (Å²) in [6.45, 7) is 4.16. The van der Waals surface area contributed by atoms with E-state index < -0.39 is 5.82 Å². The molecule has 1 aromatic carbocycles. The van der Waals surface area contributed by atoms with Crippen molar-refractivity contribution in [3.05, 3.63) is 41.1 Å². The van der Waals surface area contributed by atoms with Crippen molar-refractivity contribution in [1.29, 1.82) is 0 Å². The lowest BCUT2D eigenvalue weighted by Crippen LogP contribution is -2.28. The molecule has 0 bridgehead atoms. The van der Waals surface area contributed by atoms with Crippen LogP contribution in [0, 0.1) is 5.82 Å². The molecule has 0 aliphatic rings. The van der Waals surface area contributed by atoms with Crippen molar-refractivity contribution in [2.45, 2.75) is 0 Å². The fourth-order valence-electron chi connectivity index (χ4n) is 1.09. The lowest BCUT2D eigenvalue weighted by atomic mass is 10.3. The summed E-state index contributed by atoms with van der Waals surface area (Å²) in [6.07, 6.45) is 1.65. The van der Waals surface area contributed by atoms with Crippen LogP contribution in [-0.2, 0) is 4.79 Å². The first-order chi connectivity index (χ1) is 7.65. The van der Waals surface area contributed by atoms with E-state index in [1.807, 2.05) is 0 Å². The van der Waals surface area contributed by atoms with Gasteiger partial charge in [0.1, 0.15) is 5.82 Å². The molecule has 0 saturated carbocycles. The number of anilines is 1. The monoisotopic (exact) mass is 286 g/mol. The Morgan fingerprint density at radius 1 is 1.56 bits per heavy atom. The highest BCUT2D eigenvalue weighted by Gasteiger charge is 2.09. The minimum Gasteiger partial charge on any atom is -0.322 e. The fraction of sp³-hybridized carbons (Fsp3) is 0.182. The molecule has 86 valence electrons. The summed E-state index contributed by atoms with van der Waals surface area (Å²) in [5, 5.41) is 5.31. The first-order valence-electron chi connectivity index (χ1n) is 4.70. The number of halogens is 2. The zero-order valence-electron chi connectivity index (χ0n) is 8.59. The first-order valence-corrected chi connectivity index (χ1v) is 5.50. The number of rotatable bonds is 5. The van der Waals surface area contributed by atoms with Crippen LogP contribution in [0.5, 0.6) is 0 Å². The standard InChI is InChI=1S/C11H12BrFN2O/c1-2-6-14-7-10(16)15-11-8(12)4-3-5-9(11)13/h2-5,14H,1,6-7H2,(H,15,16). The van der Waals surface area contributed by atoms with E-state index >= 15 is 0 Å². The summed E-state index contributed by atoms with van der Waals surface area (Å²) in [4.78, 5) is 11.4. The second-order valence-corrected chi connectivity index (χ2v) is 3.92. The van der Waals surface area contributed by atoms with E-state index in [0.717, 1.165) is 0 Å². The highest BCUT2D eigenvalue weighted by Crippen LogP contribution is 2.24. The Morgan fingerprint density at radius 3 is 2.94 bits per heavy atom. The Hall–Kier alpha value is -1.20. The third kappa shape index (κ3) is 3.75. The highest BCUT2D eigenvalue weighted by molar-refractivity contribution is 9.10. The highest BCUT2D eigenvalue weighted by atomic mass is 79.9. The number of hydrogen-bond donors (Lipinski definition) is 2. The molecule has 0 heterocycles. The van der Waals surface area contributed by atoms with Crippen LogP contribution in [0.15, 0.2) is 35.3 Å². The van der Waals surface area contributed by atoms with Crippen molar-refractivity contribution >= 4 is 27.5 Å². The van der Waals surface area contributed by atoms with Crippen LogP contribution in [0.2, 0.25) is 0 Å². The zero-order valence-corrected chi connectivity index (χ0v) is 10.2. The number of hydrogen-bond acceptors (Lipinski definition) is 2. The summed E-state index contributed by atoms with van der Waals surface area (Å²) in [5.41, 5.74) is 0.160. The molecule has 3 nitrogen and oxygen atoms in total. The van der Waals surface area contributed by atoms with Crippen molar-refractivity contribution in [3.8, 4) is 0 Å². The predicted octanol–water partition coefficient (Wildman–Crippen LogP) is 2.30. The van der Waals surface area contributed by atoms with Crippen molar-refractivity contribution in [2.24, 2.45) is 0 Å². The first kappa shape index (κ1) is 12.9. The smallest absolute Gasteiger partial charge is 0.238 e. The molecule has 0 atom stereocenters. The van der Waals surface area contributed by atoms with Crippen molar-refractivity contribution in [1.82, 2.24) is 5.32 Å². The molecule has 0 fully saturated rings. The maximum Gasteiger partial charge on any atom is 0.238 e. The lowest BCUT2D eigenvalue weighted by molar-refractivity contribution is -0.115. The minimum atomic E-state index is -0.466. The van der Waals surface area contributed by atoms with Gasteiger partial charge in [-0.05, 0) is 28.1 Å². The Kier molecular flexibility index (Phi) is 5.14. The number of benzene rings is 1. The summed E-state index contributed by atoms with van der Waals surface area (Å²) >= 11 is 3.17. The van der Waals surface area contributed by atoms with Gasteiger partial charge < -0.3 is 10.6 Å². The third-order valence-electron chi connectivity index (χ3n) is 1.80. The topological polar surface area (TPSA) is 41.1 Å². The molecule has 0 saturated heterocycles. The Labute approximate surface area is 102 Å². The van der Waals surface area contributed by atoms with Crippen LogP contribution in [0.4, 0.5) is 10.1 Å². The van der Waals surface area contributed by atoms with E-state index in [1.54, 1.807) is 18.2 Å². The van der Waals surface area contributed by atoms with E-state index in [1.165, 1.54) is 6.07 Å². The van der Waals surface area contributed by atoms with E-state index in [0.29, 0.717) is 11.0 Å². The molecule has 1 aromatic rings. The van der Waals surface area contributed by atoms with Crippen LogP contribution in [-0.4, -0.2) is 19.0 Å². The van der Waals surface area contributed by atoms with Gasteiger partial charge in [-0.2, -0.15) is 0 Å². The molecule has 2 N–H and O–H groups in total. The molecule has 0 spiro atoms. The van der Waals surface area contributed by atoms with E-state index in [4.69, 9.17) is 0 Å². The lowest BCUT2D eigenvalue weighted by Gasteiger charge is -2.08. The van der Waals surface area contributed by atoms with Crippen molar-refractivity contribution < 1.29 is 9.18 Å². The molecule has 0 aliphatic heterocycles. The molecule has 1 rings (SSSR count). The normalized spacial score (nSPS) is 9.88. The largest absolute Gasteiger partial charge is 0.322 e. The summed E-state index contributed by atoms with van der Waals surface area (Å²) in [5.74, 6) is -0.765. The van der Waals surface area contributed by atoms with Crippen LogP contribution in [0.1, 0.15) is 0 Å². The van der Waals surface area contributed by atoms with Gasteiger partial charge in [-0.15, -0.1) is 6.58 Å². The molecular weight excluding hydrogens is 275 g/mol. The maximum atomic E-state index is 13.3. The SMILES string of the molecule is C=CCNCC(=O)Nc1c(F)cccc1Br. The molecule has 5 heteroatoms. The number of carbonyl (C=O) groups excluding carboxylic acids is 1. The Bertz CT molecular complexity index is 375. The van der Waals surface area contributed by atoms with E-state index in [2.05, 4.69) is 33.1 Å². The molecule has 0 unspecified atom stereocenters. The quantitative estimate of drug-likeness (QED) is 0.644. The predicted molar refractivity (Wildman–Crippen MR) is 65.8 cm³/mol. The summed E-state index contributed by atoms with van der Waals surface area (Å²) in [6, 6.07) is 4.51. The molecular formula is C11H12BrFN2O. The Balaban J connectivity index is 2.59. The van der Waals surface area contributed by atoms with E-state index in [-0.39, 0.29) is 18.1 Å². The van der Waals surface area contributed by atoms with Crippen LogP contribution in [0.25, 0.3) is 0 Å². The van der Waals surface area contributed by atoms with Gasteiger partial charge in [0.05, 0.1) is 12.2 Å². The van der Waals surface area contributed by atoms with Crippen molar-refractivity contribution in [2.75, 3.05) is 18.4 Å². The van der Waals surface area contributed by atoms with Gasteiger partial charge in [0.25, 0.3) is 0 Å². The van der Waals surface area contributed by atoms with Crippen LogP contribution in [0.3, 0.4) is 0 Å². The summed E-state index contributed by atoms with van der Waals surface area (Å²) < 4.78 is 13.8. The number of nitrogens with one attached hydrogen (secondary N) is 2. The molecule has 0 aliphatic carbocycles. The van der Waals surface area contributed by atoms with E-state index in [9.17, 15) is 9.18 Å². The zero-order chi connectivity index (χ0) is 12.0.